The normalized spacial score (nSPS) is 12.9. The Balaban J connectivity index is 3.82. The van der Waals surface area contributed by atoms with Crippen LogP contribution in [-0.4, -0.2) is 37.3 Å². The van der Waals surface area contributed by atoms with Crippen LogP contribution in [0.15, 0.2) is 0 Å². The maximum atomic E-state index is 9.59. The van der Waals surface area contributed by atoms with Crippen molar-refractivity contribution < 1.29 is 19.5 Å². The highest BCUT2D eigenvalue weighted by Gasteiger charge is 2.05. The molecule has 0 rings (SSSR count). The van der Waals surface area contributed by atoms with Crippen LogP contribution in [0.3, 0.4) is 0 Å². The van der Waals surface area contributed by atoms with Crippen LogP contribution >= 0.6 is 0 Å². The molecule has 0 amide bonds. The number of hydrogen-bond donors (Lipinski definition) is 3. The van der Waals surface area contributed by atoms with Crippen molar-refractivity contribution in [2.45, 2.75) is 6.10 Å². The van der Waals surface area contributed by atoms with E-state index in [0.29, 0.717) is 0 Å². The molecule has 1 atom stereocenters. The van der Waals surface area contributed by atoms with Crippen LogP contribution in [0.5, 0.6) is 0 Å². The Morgan fingerprint density at radius 3 is 2.38 bits per heavy atom. The van der Waals surface area contributed by atoms with Gasteiger partial charge in [-0.2, -0.15) is 0 Å². The fraction of sp³-hybridized carbons (Fsp3) is 0.667. The smallest absolute Gasteiger partial charge is 0.174 e. The van der Waals surface area contributed by atoms with Gasteiger partial charge in [0.05, 0.1) is 6.61 Å². The maximum Gasteiger partial charge on any atom is 0.174 e. The molecule has 0 fully saturated rings. The lowest BCUT2D eigenvalue weighted by Gasteiger charge is -1.98. The fourth-order valence-electron chi connectivity index (χ4n) is 0.134. The fourth-order valence-corrected chi connectivity index (χ4v) is 0.319. The van der Waals surface area contributed by atoms with Crippen molar-refractivity contribution in [2.75, 3.05) is 6.61 Å². The first-order valence-electron chi connectivity index (χ1n) is 1.87. The summed E-state index contributed by atoms with van der Waals surface area (Å²) in [6, 6.07) is 0. The van der Waals surface area contributed by atoms with Gasteiger partial charge in [-0.05, 0) is 0 Å². The molecule has 0 aliphatic carbocycles. The minimum absolute atomic E-state index is 0.230. The molecule has 0 saturated heterocycles. The molecule has 0 radical (unpaired) electrons. The topological polar surface area (TPSA) is 77.8 Å². The van der Waals surface area contributed by atoms with E-state index < -0.39 is 17.8 Å². The van der Waals surface area contributed by atoms with E-state index in [4.69, 9.17) is 15.3 Å². The van der Waals surface area contributed by atoms with Gasteiger partial charge in [-0.1, -0.05) is 0 Å². The molecule has 0 aromatic rings. The Morgan fingerprint density at radius 2 is 2.25 bits per heavy atom. The van der Waals surface area contributed by atoms with Crippen molar-refractivity contribution >= 4 is 16.3 Å². The van der Waals surface area contributed by atoms with E-state index in [1.165, 1.54) is 0 Å². The Bertz CT molecular complexity index is 116. The van der Waals surface area contributed by atoms with Crippen LogP contribution in [0.4, 0.5) is 0 Å². The quantitative estimate of drug-likeness (QED) is 0.395. The molecule has 3 N–H and O–H groups in total. The predicted molar refractivity (Wildman–Crippen MR) is 28.9 cm³/mol. The van der Waals surface area contributed by atoms with E-state index in [-0.39, 0.29) is 11.3 Å². The van der Waals surface area contributed by atoms with Crippen LogP contribution in [0.2, 0.25) is 0 Å². The van der Waals surface area contributed by atoms with Gasteiger partial charge in [-0.15, -0.1) is 0 Å². The van der Waals surface area contributed by atoms with Crippen molar-refractivity contribution in [1.29, 1.82) is 0 Å². The summed E-state index contributed by atoms with van der Waals surface area (Å²) in [4.78, 5) is 0. The number of rotatable bonds is 2. The molecule has 0 aromatic carbocycles. The first-order valence-corrected chi connectivity index (χ1v) is 2.61. The molecule has 0 saturated carbocycles. The van der Waals surface area contributed by atoms with E-state index in [0.717, 1.165) is 0 Å². The Morgan fingerprint density at radius 1 is 1.75 bits per heavy atom. The molecule has 1 unspecified atom stereocenters. The minimum atomic E-state index is -1.41. The van der Waals surface area contributed by atoms with E-state index in [1.807, 2.05) is 0 Å². The molecule has 0 bridgehead atoms. The van der Waals surface area contributed by atoms with Crippen LogP contribution < -0.4 is 0 Å². The second-order valence-electron chi connectivity index (χ2n) is 1.12. The van der Waals surface area contributed by atoms with Crippen molar-refractivity contribution in [1.82, 2.24) is 0 Å². The first kappa shape index (κ1) is 7.77. The van der Waals surface area contributed by atoms with E-state index in [9.17, 15) is 4.21 Å². The molecule has 0 spiro atoms. The lowest BCUT2D eigenvalue weighted by Crippen LogP contribution is -2.23. The van der Waals surface area contributed by atoms with Crippen LogP contribution in [0, 0.1) is 0 Å². The monoisotopic (exact) mass is 138 g/mol. The molecule has 8 heavy (non-hydrogen) atoms. The molecule has 4 nitrogen and oxygen atoms in total. The third kappa shape index (κ3) is 2.17. The Hall–Kier alpha value is -0.230. The SMILES string of the molecule is O=S=C(O)C(O)CO. The van der Waals surface area contributed by atoms with Gasteiger partial charge in [0.1, 0.15) is 17.4 Å². The average molecular weight is 138 g/mol. The van der Waals surface area contributed by atoms with Crippen molar-refractivity contribution in [2.24, 2.45) is 0 Å². The highest BCUT2D eigenvalue weighted by molar-refractivity contribution is 7.66. The summed E-state index contributed by atoms with van der Waals surface area (Å²) in [5, 5.41) is 24.0. The molecule has 0 aromatic heterocycles. The van der Waals surface area contributed by atoms with Crippen molar-refractivity contribution in [3.63, 3.8) is 0 Å². The number of aliphatic hydroxyl groups is 3. The average Bonchev–Trinajstić information content (AvgIpc) is 1.84. The summed E-state index contributed by atoms with van der Waals surface area (Å²) < 4.78 is 9.59. The van der Waals surface area contributed by atoms with Gasteiger partial charge in [0, 0.05) is 0 Å². The summed E-state index contributed by atoms with van der Waals surface area (Å²) in [6.45, 7) is -0.624. The van der Waals surface area contributed by atoms with Gasteiger partial charge < -0.3 is 15.3 Å². The van der Waals surface area contributed by atoms with Crippen molar-refractivity contribution in [3.8, 4) is 0 Å². The molecule has 5 heteroatoms. The number of hydrogen-bond acceptors (Lipinski definition) is 3. The molecular weight excluding hydrogens is 132 g/mol. The highest BCUT2D eigenvalue weighted by atomic mass is 32.1. The predicted octanol–water partition coefficient (Wildman–Crippen LogP) is -1.76. The minimum Gasteiger partial charge on any atom is -0.393 e. The third-order valence-electron chi connectivity index (χ3n) is 0.543. The summed E-state index contributed by atoms with van der Waals surface area (Å²) >= 11 is -0.230. The standard InChI is InChI=1S/C3H6O4S/c4-1-2(5)3(6)8-7/h2,4-6H,1H2. The second-order valence-corrected chi connectivity index (χ2v) is 1.70. The summed E-state index contributed by atoms with van der Waals surface area (Å²) in [5.41, 5.74) is 0. The Labute approximate surface area is 49.5 Å². The lowest BCUT2D eigenvalue weighted by molar-refractivity contribution is 0.133. The molecule has 0 aliphatic rings. The summed E-state index contributed by atoms with van der Waals surface area (Å²) in [7, 11) is 0. The van der Waals surface area contributed by atoms with E-state index >= 15 is 0 Å². The van der Waals surface area contributed by atoms with Gasteiger partial charge in [0.15, 0.2) is 5.05 Å². The van der Waals surface area contributed by atoms with Gasteiger partial charge in [0.25, 0.3) is 0 Å². The lowest BCUT2D eigenvalue weighted by atomic mass is 10.4. The van der Waals surface area contributed by atoms with Crippen LogP contribution in [0.25, 0.3) is 0 Å². The summed E-state index contributed by atoms with van der Waals surface area (Å²) in [5.74, 6) is 0. The van der Waals surface area contributed by atoms with E-state index in [1.54, 1.807) is 0 Å². The zero-order valence-corrected chi connectivity index (χ0v) is 4.76. The van der Waals surface area contributed by atoms with Gasteiger partial charge in [-0.3, -0.25) is 0 Å². The van der Waals surface area contributed by atoms with Gasteiger partial charge >= 0.3 is 0 Å². The summed E-state index contributed by atoms with van der Waals surface area (Å²) in [6.07, 6.45) is -1.41. The zero-order valence-electron chi connectivity index (χ0n) is 3.94. The molecule has 0 heterocycles. The van der Waals surface area contributed by atoms with Gasteiger partial charge in [0.2, 0.25) is 0 Å². The molecular formula is C3H6O4S. The molecule has 48 valence electrons. The largest absolute Gasteiger partial charge is 0.393 e. The highest BCUT2D eigenvalue weighted by Crippen LogP contribution is 1.77. The van der Waals surface area contributed by atoms with E-state index in [2.05, 4.69) is 0 Å². The molecule has 0 aliphatic heterocycles. The van der Waals surface area contributed by atoms with Gasteiger partial charge in [-0.25, -0.2) is 4.21 Å². The van der Waals surface area contributed by atoms with Crippen molar-refractivity contribution in [3.05, 3.63) is 0 Å². The maximum absolute atomic E-state index is 9.59. The third-order valence-corrected chi connectivity index (χ3v) is 0.986. The first-order chi connectivity index (χ1) is 3.72. The number of aliphatic hydroxyl groups excluding tert-OH is 3. The second kappa shape index (κ2) is 3.73. The van der Waals surface area contributed by atoms with Crippen LogP contribution in [0.1, 0.15) is 0 Å². The Kier molecular flexibility index (Phi) is 3.63. The zero-order chi connectivity index (χ0) is 6.57. The van der Waals surface area contributed by atoms with Crippen LogP contribution in [-0.2, 0) is 11.3 Å².